The third-order valence-electron chi connectivity index (χ3n) is 3.41. The van der Waals surface area contributed by atoms with E-state index in [-0.39, 0.29) is 11.4 Å². The molecule has 0 fully saturated rings. The molecule has 1 amide bonds. The Morgan fingerprint density at radius 1 is 1.12 bits per heavy atom. The van der Waals surface area contributed by atoms with Crippen molar-refractivity contribution >= 4 is 23.1 Å². The first-order chi connectivity index (χ1) is 11.0. The van der Waals surface area contributed by atoms with Crippen molar-refractivity contribution in [3.8, 4) is 0 Å². The Kier molecular flexibility index (Phi) is 4.77. The lowest BCUT2D eigenvalue weighted by Gasteiger charge is -2.23. The van der Waals surface area contributed by atoms with Gasteiger partial charge in [-0.05, 0) is 30.5 Å². The summed E-state index contributed by atoms with van der Waals surface area (Å²) >= 11 is 0. The van der Waals surface area contributed by atoms with Crippen molar-refractivity contribution in [1.29, 1.82) is 0 Å². The monoisotopic (exact) mass is 354 g/mol. The van der Waals surface area contributed by atoms with Crippen LogP contribution < -0.4 is 10.6 Å². The molecule has 1 aliphatic heterocycles. The minimum Gasteiger partial charge on any atom is -0.385 e. The largest absolute Gasteiger partial charge is 0.450 e. The molecule has 0 aliphatic carbocycles. The van der Waals surface area contributed by atoms with Crippen molar-refractivity contribution in [1.82, 2.24) is 0 Å². The van der Waals surface area contributed by atoms with Crippen LogP contribution in [0.25, 0.3) is 0 Å². The summed E-state index contributed by atoms with van der Waals surface area (Å²) in [4.78, 5) is 22.4. The van der Waals surface area contributed by atoms with Gasteiger partial charge in [0.2, 0.25) is 11.7 Å². The van der Waals surface area contributed by atoms with Crippen LogP contribution in [0.15, 0.2) is 12.1 Å². The van der Waals surface area contributed by atoms with Crippen LogP contribution >= 0.6 is 0 Å². The molecule has 0 aromatic heterocycles. The zero-order chi connectivity index (χ0) is 18.1. The Morgan fingerprint density at radius 3 is 2.38 bits per heavy atom. The lowest BCUT2D eigenvalue weighted by molar-refractivity contribution is -0.171. The number of benzene rings is 1. The van der Waals surface area contributed by atoms with Gasteiger partial charge < -0.3 is 10.6 Å². The molecule has 0 spiro atoms. The number of rotatable bonds is 3. The molecule has 1 heterocycles. The van der Waals surface area contributed by atoms with Crippen molar-refractivity contribution in [2.24, 2.45) is 0 Å². The van der Waals surface area contributed by atoms with E-state index in [1.165, 1.54) is 0 Å². The predicted molar refractivity (Wildman–Crippen MR) is 72.6 cm³/mol. The Morgan fingerprint density at radius 2 is 1.79 bits per heavy atom. The van der Waals surface area contributed by atoms with Crippen molar-refractivity contribution < 1.29 is 35.9 Å². The quantitative estimate of drug-likeness (QED) is 0.645. The first-order valence-electron chi connectivity index (χ1n) is 6.86. The second-order valence-corrected chi connectivity index (χ2v) is 5.22. The first-order valence-corrected chi connectivity index (χ1v) is 6.86. The Labute approximate surface area is 132 Å². The Hall–Kier alpha value is -2.26. The Bertz CT molecular complexity index is 666. The number of nitrogens with one attached hydrogen (secondary N) is 2. The van der Waals surface area contributed by atoms with E-state index in [2.05, 4.69) is 5.32 Å². The molecule has 0 unspecified atom stereocenters. The fourth-order valence-electron chi connectivity index (χ4n) is 2.30. The molecular weight excluding hydrogens is 342 g/mol. The number of ketones is 1. The van der Waals surface area contributed by atoms with Crippen LogP contribution in [0.2, 0.25) is 0 Å². The van der Waals surface area contributed by atoms with Gasteiger partial charge in [-0.2, -0.15) is 26.3 Å². The van der Waals surface area contributed by atoms with Crippen molar-refractivity contribution in [3.05, 3.63) is 23.3 Å². The molecule has 0 bridgehead atoms. The summed E-state index contributed by atoms with van der Waals surface area (Å²) in [5, 5.41) is 4.74. The van der Waals surface area contributed by atoms with E-state index in [0.29, 0.717) is 31.0 Å². The molecule has 0 radical (unpaired) electrons. The van der Waals surface area contributed by atoms with E-state index < -0.39 is 36.0 Å². The summed E-state index contributed by atoms with van der Waals surface area (Å²) in [6.45, 7) is 0.439. The van der Waals surface area contributed by atoms with Gasteiger partial charge in [-0.3, -0.25) is 9.59 Å². The van der Waals surface area contributed by atoms with E-state index >= 15 is 0 Å². The number of carbonyl (C=O) groups is 2. The fourth-order valence-corrected chi connectivity index (χ4v) is 2.30. The second kappa shape index (κ2) is 6.33. The molecule has 2 N–H and O–H groups in total. The standard InChI is InChI=1S/C14H12F6N2O2/c15-13(16,17)7-4-9-8(2-1-3-21-9)10(5-7)22-12(24)6-11(23)14(18,19)20/h4-5,21H,1-3,6H2,(H,22,24). The lowest BCUT2D eigenvalue weighted by Crippen LogP contribution is -2.28. The van der Waals surface area contributed by atoms with Gasteiger partial charge in [-0.25, -0.2) is 0 Å². The van der Waals surface area contributed by atoms with Gasteiger partial charge in [0.1, 0.15) is 0 Å². The summed E-state index contributed by atoms with van der Waals surface area (Å²) in [6.07, 6.45) is -10.4. The highest BCUT2D eigenvalue weighted by Gasteiger charge is 2.39. The van der Waals surface area contributed by atoms with Crippen LogP contribution in [0.4, 0.5) is 37.7 Å². The van der Waals surface area contributed by atoms with Gasteiger partial charge >= 0.3 is 12.4 Å². The second-order valence-electron chi connectivity index (χ2n) is 5.22. The smallest absolute Gasteiger partial charge is 0.385 e. The molecule has 132 valence electrons. The zero-order valence-corrected chi connectivity index (χ0v) is 12.1. The van der Waals surface area contributed by atoms with Crippen LogP contribution in [0.1, 0.15) is 24.0 Å². The van der Waals surface area contributed by atoms with E-state index in [0.717, 1.165) is 6.07 Å². The number of anilines is 2. The minimum absolute atomic E-state index is 0.161. The normalized spacial score (nSPS) is 14.6. The van der Waals surface area contributed by atoms with Gasteiger partial charge in [-0.1, -0.05) is 0 Å². The van der Waals surface area contributed by atoms with Crippen LogP contribution in [-0.4, -0.2) is 24.4 Å². The number of halogens is 6. The number of hydrogen-bond acceptors (Lipinski definition) is 3. The average Bonchev–Trinajstić information content (AvgIpc) is 2.45. The van der Waals surface area contributed by atoms with Crippen LogP contribution in [0, 0.1) is 0 Å². The number of Topliss-reactive ketones (excluding diaryl/α,β-unsaturated/α-hetero) is 1. The van der Waals surface area contributed by atoms with E-state index in [1.807, 2.05) is 5.32 Å². The topological polar surface area (TPSA) is 58.2 Å². The van der Waals surface area contributed by atoms with Gasteiger partial charge in [0.05, 0.1) is 12.0 Å². The molecule has 1 aromatic rings. The predicted octanol–water partition coefficient (Wildman–Crippen LogP) is 3.52. The highest BCUT2D eigenvalue weighted by Crippen LogP contribution is 2.38. The van der Waals surface area contributed by atoms with Gasteiger partial charge in [0.25, 0.3) is 0 Å². The molecule has 1 aromatic carbocycles. The molecule has 2 rings (SSSR count). The molecule has 4 nitrogen and oxygen atoms in total. The number of hydrogen-bond donors (Lipinski definition) is 2. The maximum Gasteiger partial charge on any atom is 0.450 e. The van der Waals surface area contributed by atoms with Gasteiger partial charge in [0.15, 0.2) is 0 Å². The van der Waals surface area contributed by atoms with E-state index in [9.17, 15) is 35.9 Å². The molecule has 24 heavy (non-hydrogen) atoms. The lowest BCUT2D eigenvalue weighted by atomic mass is 9.98. The molecule has 0 saturated carbocycles. The van der Waals surface area contributed by atoms with E-state index in [1.54, 1.807) is 0 Å². The minimum atomic E-state index is -5.17. The number of amides is 1. The highest BCUT2D eigenvalue weighted by molar-refractivity contribution is 6.06. The number of alkyl halides is 6. The maximum absolute atomic E-state index is 12.9. The maximum atomic E-state index is 12.9. The van der Waals surface area contributed by atoms with Gasteiger partial charge in [-0.15, -0.1) is 0 Å². The van der Waals surface area contributed by atoms with Gasteiger partial charge in [0, 0.05) is 17.9 Å². The highest BCUT2D eigenvalue weighted by atomic mass is 19.4. The molecule has 0 saturated heterocycles. The zero-order valence-electron chi connectivity index (χ0n) is 12.1. The summed E-state index contributed by atoms with van der Waals surface area (Å²) in [6, 6.07) is 1.53. The third kappa shape index (κ3) is 4.18. The summed E-state index contributed by atoms with van der Waals surface area (Å²) in [7, 11) is 0. The molecule has 0 atom stereocenters. The third-order valence-corrected chi connectivity index (χ3v) is 3.41. The summed E-state index contributed by atoms with van der Waals surface area (Å²) in [5.74, 6) is -3.58. The van der Waals surface area contributed by atoms with Crippen molar-refractivity contribution in [3.63, 3.8) is 0 Å². The number of carbonyl (C=O) groups excluding carboxylic acids is 2. The fraction of sp³-hybridized carbons (Fsp3) is 0.429. The average molecular weight is 354 g/mol. The Balaban J connectivity index is 2.28. The van der Waals surface area contributed by atoms with Crippen LogP contribution in [-0.2, 0) is 22.2 Å². The number of fused-ring (bicyclic) bond motifs is 1. The van der Waals surface area contributed by atoms with Crippen molar-refractivity contribution in [2.75, 3.05) is 17.2 Å². The summed E-state index contributed by atoms with van der Waals surface area (Å²) in [5.41, 5.74) is -0.768. The van der Waals surface area contributed by atoms with Crippen LogP contribution in [0.3, 0.4) is 0 Å². The molecule has 10 heteroatoms. The van der Waals surface area contributed by atoms with Crippen molar-refractivity contribution in [2.45, 2.75) is 31.6 Å². The SMILES string of the molecule is O=C(CC(=O)C(F)(F)F)Nc1cc(C(F)(F)F)cc2c1CCCN2. The van der Waals surface area contributed by atoms with Crippen LogP contribution in [0.5, 0.6) is 0 Å². The first kappa shape index (κ1) is 18.1. The molecular formula is C14H12F6N2O2. The summed E-state index contributed by atoms with van der Waals surface area (Å²) < 4.78 is 75.2. The molecule has 1 aliphatic rings. The van der Waals surface area contributed by atoms with E-state index in [4.69, 9.17) is 0 Å².